The first-order valence-corrected chi connectivity index (χ1v) is 13.7. The minimum atomic E-state index is -4.70. The van der Waals surface area contributed by atoms with Gasteiger partial charge in [0.1, 0.15) is 17.7 Å². The summed E-state index contributed by atoms with van der Waals surface area (Å²) in [6, 6.07) is 6.16. The Balaban J connectivity index is 1.30. The van der Waals surface area contributed by atoms with Crippen LogP contribution < -0.4 is 9.80 Å². The van der Waals surface area contributed by atoms with Gasteiger partial charge in [-0.05, 0) is 44.0 Å². The Morgan fingerprint density at radius 1 is 1.05 bits per heavy atom. The summed E-state index contributed by atoms with van der Waals surface area (Å²) in [6.45, 7) is 2.84. The van der Waals surface area contributed by atoms with Crippen molar-refractivity contribution in [3.63, 3.8) is 0 Å². The van der Waals surface area contributed by atoms with Gasteiger partial charge in [-0.2, -0.15) is 23.4 Å². The third kappa shape index (κ3) is 4.71. The van der Waals surface area contributed by atoms with E-state index in [0.717, 1.165) is 30.5 Å². The number of halogens is 4. The minimum Gasteiger partial charge on any atom is -0.367 e. The van der Waals surface area contributed by atoms with Gasteiger partial charge in [-0.3, -0.25) is 19.1 Å². The number of hydrogen-bond acceptors (Lipinski definition) is 6. The van der Waals surface area contributed by atoms with Gasteiger partial charge in [0.05, 0.1) is 48.3 Å². The molecule has 1 aliphatic carbocycles. The summed E-state index contributed by atoms with van der Waals surface area (Å²) in [7, 11) is 1.73. The fourth-order valence-corrected chi connectivity index (χ4v) is 5.66. The predicted octanol–water partition coefficient (Wildman–Crippen LogP) is 5.30. The van der Waals surface area contributed by atoms with Gasteiger partial charge in [-0.1, -0.05) is 0 Å². The Morgan fingerprint density at radius 2 is 1.86 bits per heavy atom. The van der Waals surface area contributed by atoms with Crippen molar-refractivity contribution in [2.45, 2.75) is 50.7 Å². The lowest BCUT2D eigenvalue weighted by Gasteiger charge is -2.37. The van der Waals surface area contributed by atoms with Crippen molar-refractivity contribution in [1.29, 1.82) is 0 Å². The van der Waals surface area contributed by atoms with E-state index in [4.69, 9.17) is 9.72 Å². The Kier molecular flexibility index (Phi) is 6.12. The molecule has 0 radical (unpaired) electrons. The van der Waals surface area contributed by atoms with Crippen LogP contribution >= 0.6 is 0 Å². The quantitative estimate of drug-likeness (QED) is 0.298. The second kappa shape index (κ2) is 9.65. The molecule has 0 bridgehead atoms. The van der Waals surface area contributed by atoms with Gasteiger partial charge in [0, 0.05) is 48.7 Å². The van der Waals surface area contributed by atoms with Crippen molar-refractivity contribution in [1.82, 2.24) is 24.5 Å². The summed E-state index contributed by atoms with van der Waals surface area (Å²) < 4.78 is 65.0. The number of ether oxygens (including phenoxy) is 1. The summed E-state index contributed by atoms with van der Waals surface area (Å²) in [5.74, 6) is -0.591. The molecule has 0 N–H and O–H groups in total. The fraction of sp³-hybridized carbons (Fsp3) is 0.379. The maximum absolute atomic E-state index is 15.4. The number of aryl methyl sites for hydroxylation is 1. The van der Waals surface area contributed by atoms with Crippen molar-refractivity contribution in [3.8, 4) is 11.3 Å². The topological polar surface area (TPSA) is 81.3 Å². The van der Waals surface area contributed by atoms with Crippen molar-refractivity contribution in [2.24, 2.45) is 7.05 Å². The van der Waals surface area contributed by atoms with E-state index in [2.05, 4.69) is 10.2 Å². The Bertz CT molecular complexity index is 1690. The lowest BCUT2D eigenvalue weighted by Crippen LogP contribution is -2.43. The molecule has 0 unspecified atom stereocenters. The molecule has 2 fully saturated rings. The van der Waals surface area contributed by atoms with Crippen molar-refractivity contribution in [3.05, 3.63) is 77.0 Å². The number of alkyl halides is 3. The number of aromatic nitrogens is 5. The number of amides is 1. The van der Waals surface area contributed by atoms with Crippen molar-refractivity contribution in [2.75, 3.05) is 22.9 Å². The maximum atomic E-state index is 15.4. The standard InChI is InChI=1S/C29H27F4N7O2/c1-16-12-38(15-24(42-16)17-11-34-40(13-17)19-4-5-19)26-10-21-22(14-39(28(21)41)25-7-8-37(2)36-25)27(35-26)20-6-3-18(9-23(20)30)29(31,32)33/h3,6-11,13,16,19,24H,4-5,12,14-15H2,1-2H3/t16-,24-/m1/s1. The highest BCUT2D eigenvalue weighted by Gasteiger charge is 2.37. The van der Waals surface area contributed by atoms with Crippen LogP contribution in [-0.2, 0) is 24.5 Å². The van der Waals surface area contributed by atoms with E-state index in [-0.39, 0.29) is 35.9 Å². The molecule has 42 heavy (non-hydrogen) atoms. The number of morpholine rings is 1. The normalized spacial score (nSPS) is 20.9. The van der Waals surface area contributed by atoms with E-state index in [1.165, 1.54) is 4.90 Å². The molecule has 5 heterocycles. The van der Waals surface area contributed by atoms with Gasteiger partial charge in [0.2, 0.25) is 0 Å². The monoisotopic (exact) mass is 581 g/mol. The Hall–Kier alpha value is -4.26. The Morgan fingerprint density at radius 3 is 2.55 bits per heavy atom. The zero-order chi connectivity index (χ0) is 29.3. The number of benzene rings is 1. The molecule has 9 nitrogen and oxygen atoms in total. The lowest BCUT2D eigenvalue weighted by atomic mass is 10.00. The van der Waals surface area contributed by atoms with Gasteiger partial charge < -0.3 is 9.64 Å². The molecule has 2 atom stereocenters. The van der Waals surface area contributed by atoms with Crippen molar-refractivity contribution >= 4 is 17.5 Å². The summed E-state index contributed by atoms with van der Waals surface area (Å²) in [5.41, 5.74) is 0.567. The number of hydrogen-bond donors (Lipinski definition) is 0. The first-order chi connectivity index (χ1) is 20.0. The van der Waals surface area contributed by atoms with E-state index >= 15 is 4.39 Å². The molecule has 4 aromatic rings. The number of carbonyl (C=O) groups is 1. The second-order valence-corrected chi connectivity index (χ2v) is 11.1. The average Bonchev–Trinajstić information content (AvgIpc) is 3.35. The number of anilines is 2. The molecular weight excluding hydrogens is 554 g/mol. The number of fused-ring (bicyclic) bond motifs is 1. The van der Waals surface area contributed by atoms with Crippen LogP contribution in [0.5, 0.6) is 0 Å². The highest BCUT2D eigenvalue weighted by molar-refractivity contribution is 6.11. The molecule has 1 amide bonds. The van der Waals surface area contributed by atoms with Gasteiger partial charge in [-0.15, -0.1) is 0 Å². The van der Waals surface area contributed by atoms with Gasteiger partial charge in [0.15, 0.2) is 5.82 Å². The third-order valence-electron chi connectivity index (χ3n) is 7.93. The highest BCUT2D eigenvalue weighted by Crippen LogP contribution is 2.40. The van der Waals surface area contributed by atoms with Crippen LogP contribution in [0, 0.1) is 5.82 Å². The summed E-state index contributed by atoms with van der Waals surface area (Å²) in [6.07, 6.45) is 2.47. The van der Waals surface area contributed by atoms with E-state index in [0.29, 0.717) is 48.0 Å². The van der Waals surface area contributed by atoms with Crippen LogP contribution in [0.4, 0.5) is 29.2 Å². The van der Waals surface area contributed by atoms with Crippen LogP contribution in [0.3, 0.4) is 0 Å². The average molecular weight is 582 g/mol. The predicted molar refractivity (Wildman–Crippen MR) is 144 cm³/mol. The van der Waals surface area contributed by atoms with E-state index in [9.17, 15) is 18.0 Å². The molecule has 13 heteroatoms. The van der Waals surface area contributed by atoms with E-state index in [1.54, 1.807) is 36.3 Å². The summed E-state index contributed by atoms with van der Waals surface area (Å²) in [4.78, 5) is 21.9. The molecule has 3 aromatic heterocycles. The SMILES string of the molecule is C[C@@H]1CN(c2cc3c(c(-c4ccc(C(F)(F)F)cc4F)n2)CN(c2ccn(C)n2)C3=O)C[C@H](c2cnn(C3CC3)c2)O1. The van der Waals surface area contributed by atoms with Crippen LogP contribution in [0.15, 0.2) is 48.9 Å². The van der Waals surface area contributed by atoms with E-state index in [1.807, 2.05) is 22.7 Å². The zero-order valence-corrected chi connectivity index (χ0v) is 22.8. The molecule has 218 valence electrons. The molecule has 0 spiro atoms. The smallest absolute Gasteiger partial charge is 0.367 e. The molecule has 1 saturated heterocycles. The van der Waals surface area contributed by atoms with Crippen LogP contribution in [-0.4, -0.2) is 49.6 Å². The van der Waals surface area contributed by atoms with Gasteiger partial charge >= 0.3 is 6.18 Å². The zero-order valence-electron chi connectivity index (χ0n) is 22.8. The van der Waals surface area contributed by atoms with Crippen molar-refractivity contribution < 1.29 is 27.1 Å². The fourth-order valence-electron chi connectivity index (χ4n) is 5.66. The lowest BCUT2D eigenvalue weighted by molar-refractivity contribution is -0.137. The molecule has 1 aromatic carbocycles. The van der Waals surface area contributed by atoms with Gasteiger partial charge in [0.25, 0.3) is 5.91 Å². The number of carbonyl (C=O) groups excluding carboxylic acids is 1. The second-order valence-electron chi connectivity index (χ2n) is 11.1. The number of pyridine rings is 1. The molecule has 2 aliphatic heterocycles. The first-order valence-electron chi connectivity index (χ1n) is 13.7. The van der Waals surface area contributed by atoms with Crippen LogP contribution in [0.1, 0.15) is 59.0 Å². The molecule has 1 saturated carbocycles. The Labute approximate surface area is 238 Å². The number of nitrogens with zero attached hydrogens (tertiary/aromatic N) is 7. The molecule has 3 aliphatic rings. The maximum Gasteiger partial charge on any atom is 0.416 e. The highest BCUT2D eigenvalue weighted by atomic mass is 19.4. The molecule has 7 rings (SSSR count). The largest absolute Gasteiger partial charge is 0.416 e. The van der Waals surface area contributed by atoms with Crippen LogP contribution in [0.2, 0.25) is 0 Å². The first kappa shape index (κ1) is 26.6. The number of rotatable bonds is 5. The van der Waals surface area contributed by atoms with Gasteiger partial charge in [-0.25, -0.2) is 9.37 Å². The molecular formula is C29H27F4N7O2. The summed E-state index contributed by atoms with van der Waals surface area (Å²) in [5, 5.41) is 8.82. The van der Waals surface area contributed by atoms with E-state index < -0.39 is 17.6 Å². The summed E-state index contributed by atoms with van der Waals surface area (Å²) >= 11 is 0. The minimum absolute atomic E-state index is 0.0523. The van der Waals surface area contributed by atoms with Crippen LogP contribution in [0.25, 0.3) is 11.3 Å². The third-order valence-corrected chi connectivity index (χ3v) is 7.93.